The third-order valence-electron chi connectivity index (χ3n) is 4.56. The van der Waals surface area contributed by atoms with E-state index in [1.165, 1.54) is 50.9 Å². The van der Waals surface area contributed by atoms with Gasteiger partial charge in [0, 0.05) is 23.2 Å². The maximum absolute atomic E-state index is 4.61. The van der Waals surface area contributed by atoms with Crippen LogP contribution in [-0.2, 0) is 6.42 Å². The van der Waals surface area contributed by atoms with Crippen molar-refractivity contribution in [3.63, 3.8) is 0 Å². The Morgan fingerprint density at radius 3 is 2.61 bits per heavy atom. The fourth-order valence-corrected chi connectivity index (χ4v) is 3.43. The SMILES string of the molecule is CCCCc1cc2ccccc2c2cnc3ncc(C)cc3c12. The Hall–Kier alpha value is -2.48. The molecule has 0 bridgehead atoms. The number of rotatable bonds is 3. The molecule has 0 spiro atoms. The Labute approximate surface area is 136 Å². The smallest absolute Gasteiger partial charge is 0.159 e. The van der Waals surface area contributed by atoms with Gasteiger partial charge in [-0.15, -0.1) is 0 Å². The molecule has 0 unspecified atom stereocenters. The molecular weight excluding hydrogens is 280 g/mol. The highest BCUT2D eigenvalue weighted by Gasteiger charge is 2.11. The predicted molar refractivity (Wildman–Crippen MR) is 97.9 cm³/mol. The summed E-state index contributed by atoms with van der Waals surface area (Å²) in [5.74, 6) is 0. The van der Waals surface area contributed by atoms with Gasteiger partial charge in [0.15, 0.2) is 5.65 Å². The van der Waals surface area contributed by atoms with Gasteiger partial charge in [-0.2, -0.15) is 0 Å². The molecule has 0 atom stereocenters. The summed E-state index contributed by atoms with van der Waals surface area (Å²) < 4.78 is 0. The van der Waals surface area contributed by atoms with Crippen molar-refractivity contribution >= 4 is 32.6 Å². The van der Waals surface area contributed by atoms with Crippen molar-refractivity contribution in [2.24, 2.45) is 0 Å². The van der Waals surface area contributed by atoms with E-state index in [2.05, 4.69) is 60.2 Å². The molecule has 4 rings (SSSR count). The molecule has 0 saturated heterocycles. The maximum Gasteiger partial charge on any atom is 0.159 e. The minimum atomic E-state index is 0.844. The summed E-state index contributed by atoms with van der Waals surface area (Å²) in [5.41, 5.74) is 3.44. The first-order chi connectivity index (χ1) is 11.3. The van der Waals surface area contributed by atoms with E-state index in [0.717, 1.165) is 12.1 Å². The highest BCUT2D eigenvalue weighted by atomic mass is 14.8. The van der Waals surface area contributed by atoms with Crippen LogP contribution in [0.25, 0.3) is 32.6 Å². The quantitative estimate of drug-likeness (QED) is 0.461. The van der Waals surface area contributed by atoms with Gasteiger partial charge in [-0.1, -0.05) is 43.7 Å². The van der Waals surface area contributed by atoms with Crippen LogP contribution in [0.3, 0.4) is 0 Å². The second-order valence-corrected chi connectivity index (χ2v) is 6.29. The molecule has 2 aromatic heterocycles. The summed E-state index contributed by atoms with van der Waals surface area (Å²) in [6.45, 7) is 4.34. The van der Waals surface area contributed by atoms with Crippen LogP contribution in [0.2, 0.25) is 0 Å². The fourth-order valence-electron chi connectivity index (χ4n) is 3.43. The highest BCUT2D eigenvalue weighted by molar-refractivity contribution is 6.17. The zero-order valence-electron chi connectivity index (χ0n) is 13.6. The molecular formula is C21H20N2. The number of fused-ring (bicyclic) bond motifs is 5. The van der Waals surface area contributed by atoms with Crippen molar-refractivity contribution in [2.45, 2.75) is 33.1 Å². The van der Waals surface area contributed by atoms with E-state index in [1.807, 2.05) is 12.4 Å². The van der Waals surface area contributed by atoms with Crippen LogP contribution < -0.4 is 0 Å². The zero-order valence-corrected chi connectivity index (χ0v) is 13.6. The Kier molecular flexibility index (Phi) is 3.45. The second kappa shape index (κ2) is 5.62. The van der Waals surface area contributed by atoms with Crippen LogP contribution in [0.15, 0.2) is 48.8 Å². The number of nitrogens with zero attached hydrogens (tertiary/aromatic N) is 2. The number of hydrogen-bond acceptors (Lipinski definition) is 2. The lowest BCUT2D eigenvalue weighted by molar-refractivity contribution is 0.800. The molecule has 0 fully saturated rings. The highest BCUT2D eigenvalue weighted by Crippen LogP contribution is 2.33. The topological polar surface area (TPSA) is 25.8 Å². The molecule has 0 saturated carbocycles. The Balaban J connectivity index is 2.18. The van der Waals surface area contributed by atoms with Crippen molar-refractivity contribution in [1.29, 1.82) is 0 Å². The summed E-state index contributed by atoms with van der Waals surface area (Å²) >= 11 is 0. The molecule has 114 valence electrons. The lowest BCUT2D eigenvalue weighted by Gasteiger charge is -2.12. The average Bonchev–Trinajstić information content (AvgIpc) is 2.59. The van der Waals surface area contributed by atoms with Gasteiger partial charge in [0.25, 0.3) is 0 Å². The van der Waals surface area contributed by atoms with Crippen molar-refractivity contribution < 1.29 is 0 Å². The molecule has 23 heavy (non-hydrogen) atoms. The van der Waals surface area contributed by atoms with Gasteiger partial charge in [0.2, 0.25) is 0 Å². The lowest BCUT2D eigenvalue weighted by Crippen LogP contribution is -1.94. The summed E-state index contributed by atoms with van der Waals surface area (Å²) in [6, 6.07) is 13.2. The van der Waals surface area contributed by atoms with Gasteiger partial charge >= 0.3 is 0 Å². The van der Waals surface area contributed by atoms with Gasteiger partial charge in [-0.3, -0.25) is 0 Å². The Bertz CT molecular complexity index is 1020. The summed E-state index contributed by atoms with van der Waals surface area (Å²) in [6.07, 6.45) is 7.40. The number of pyridine rings is 2. The first-order valence-corrected chi connectivity index (χ1v) is 8.33. The molecule has 0 amide bonds. The fraction of sp³-hybridized carbons (Fsp3) is 0.238. The zero-order chi connectivity index (χ0) is 15.8. The van der Waals surface area contributed by atoms with Crippen LogP contribution in [0.5, 0.6) is 0 Å². The van der Waals surface area contributed by atoms with E-state index < -0.39 is 0 Å². The average molecular weight is 300 g/mol. The standard InChI is InChI=1S/C21H20N2/c1-3-4-7-16-11-15-8-5-6-9-17(15)19-13-23-21-18(20(16)19)10-14(2)12-22-21/h5-6,8-13H,3-4,7H2,1-2H3. The van der Waals surface area contributed by atoms with E-state index in [1.54, 1.807) is 0 Å². The molecule has 2 aromatic carbocycles. The van der Waals surface area contributed by atoms with Crippen LogP contribution in [-0.4, -0.2) is 9.97 Å². The summed E-state index contributed by atoms with van der Waals surface area (Å²) in [7, 11) is 0. The van der Waals surface area contributed by atoms with E-state index in [-0.39, 0.29) is 0 Å². The van der Waals surface area contributed by atoms with Gasteiger partial charge in [-0.05, 0) is 53.1 Å². The molecule has 0 radical (unpaired) electrons. The molecule has 2 heterocycles. The lowest BCUT2D eigenvalue weighted by atomic mass is 9.93. The van der Waals surface area contributed by atoms with Crippen LogP contribution in [0, 0.1) is 6.92 Å². The third kappa shape index (κ3) is 2.35. The largest absolute Gasteiger partial charge is 0.236 e. The number of aromatic nitrogens is 2. The van der Waals surface area contributed by atoms with Crippen LogP contribution in [0.1, 0.15) is 30.9 Å². The van der Waals surface area contributed by atoms with Crippen molar-refractivity contribution in [3.05, 3.63) is 59.9 Å². The van der Waals surface area contributed by atoms with Crippen LogP contribution in [0.4, 0.5) is 0 Å². The minimum absolute atomic E-state index is 0.844. The monoisotopic (exact) mass is 300 g/mol. The summed E-state index contributed by atoms with van der Waals surface area (Å²) in [5, 5.41) is 6.33. The van der Waals surface area contributed by atoms with Crippen molar-refractivity contribution in [2.75, 3.05) is 0 Å². The maximum atomic E-state index is 4.61. The molecule has 0 N–H and O–H groups in total. The number of unbranched alkanes of at least 4 members (excludes halogenated alkanes) is 1. The first kappa shape index (κ1) is 14.1. The predicted octanol–water partition coefficient (Wildman–Crippen LogP) is 5.59. The number of benzene rings is 2. The van der Waals surface area contributed by atoms with E-state index in [9.17, 15) is 0 Å². The molecule has 2 nitrogen and oxygen atoms in total. The number of aryl methyl sites for hydroxylation is 2. The minimum Gasteiger partial charge on any atom is -0.236 e. The number of hydrogen-bond donors (Lipinski definition) is 0. The molecule has 0 aliphatic heterocycles. The van der Waals surface area contributed by atoms with Crippen LogP contribution >= 0.6 is 0 Å². The van der Waals surface area contributed by atoms with Crippen molar-refractivity contribution in [1.82, 2.24) is 9.97 Å². The molecule has 4 aromatic rings. The van der Waals surface area contributed by atoms with E-state index >= 15 is 0 Å². The van der Waals surface area contributed by atoms with E-state index in [0.29, 0.717) is 0 Å². The third-order valence-corrected chi connectivity index (χ3v) is 4.56. The normalized spacial score (nSPS) is 11.6. The van der Waals surface area contributed by atoms with Crippen molar-refractivity contribution in [3.8, 4) is 0 Å². The Morgan fingerprint density at radius 1 is 0.913 bits per heavy atom. The second-order valence-electron chi connectivity index (χ2n) is 6.29. The molecule has 2 heteroatoms. The van der Waals surface area contributed by atoms with Gasteiger partial charge < -0.3 is 0 Å². The summed E-state index contributed by atoms with van der Waals surface area (Å²) in [4.78, 5) is 9.13. The van der Waals surface area contributed by atoms with Gasteiger partial charge in [0.05, 0.1) is 0 Å². The first-order valence-electron chi connectivity index (χ1n) is 8.33. The molecule has 0 aliphatic carbocycles. The Morgan fingerprint density at radius 2 is 1.74 bits per heavy atom. The van der Waals surface area contributed by atoms with E-state index in [4.69, 9.17) is 0 Å². The molecule has 0 aliphatic rings. The van der Waals surface area contributed by atoms with Gasteiger partial charge in [-0.25, -0.2) is 9.97 Å². The van der Waals surface area contributed by atoms with Gasteiger partial charge in [0.1, 0.15) is 0 Å².